The molecule has 8 aromatic rings. The van der Waals surface area contributed by atoms with Crippen LogP contribution in [-0.2, 0) is 0 Å². The Hall–Kier alpha value is -6.46. The zero-order valence-electron chi connectivity index (χ0n) is 40.5. The number of benzene rings is 4. The second-order valence-electron chi connectivity index (χ2n) is 18.4. The minimum Gasteiger partial charge on any atom is -0.492 e. The van der Waals surface area contributed by atoms with E-state index in [1.165, 1.54) is 30.6 Å². The monoisotopic (exact) mass is 968 g/mol. The van der Waals surface area contributed by atoms with E-state index in [1.54, 1.807) is 20.7 Å². The van der Waals surface area contributed by atoms with Gasteiger partial charge >= 0.3 is 11.9 Å². The highest BCUT2D eigenvalue weighted by atomic mass is 32.1. The summed E-state index contributed by atoms with van der Waals surface area (Å²) in [7, 11) is 4.03. The third-order valence-corrected chi connectivity index (χ3v) is 14.6. The molecule has 2 N–H and O–H groups in total. The van der Waals surface area contributed by atoms with Gasteiger partial charge in [-0.1, -0.05) is 104 Å². The fourth-order valence-corrected chi connectivity index (χ4v) is 10.5. The van der Waals surface area contributed by atoms with Gasteiger partial charge in [0.25, 0.3) is 0 Å². The maximum Gasteiger partial charge on any atom is 0.357 e. The van der Waals surface area contributed by atoms with E-state index in [9.17, 15) is 19.8 Å². The van der Waals surface area contributed by atoms with E-state index >= 15 is 0 Å². The smallest absolute Gasteiger partial charge is 0.357 e. The number of nitrogens with zero attached hydrogens (tertiary/aromatic N) is 8. The molecule has 4 aromatic carbocycles. The number of hydrogen-bond donors (Lipinski definition) is 2. The summed E-state index contributed by atoms with van der Waals surface area (Å²) in [6.07, 6.45) is 3.89. The Morgan fingerprint density at radius 3 is 1.55 bits per heavy atom. The molecular weight excluding hydrogens is 909 g/mol. The Morgan fingerprint density at radius 2 is 1.12 bits per heavy atom. The lowest BCUT2D eigenvalue weighted by Gasteiger charge is -2.26. The summed E-state index contributed by atoms with van der Waals surface area (Å²) in [6.45, 7) is 17.8. The molecule has 14 nitrogen and oxygen atoms in total. The maximum atomic E-state index is 11.9. The lowest BCUT2D eigenvalue weighted by atomic mass is 10.1. The van der Waals surface area contributed by atoms with Gasteiger partial charge in [-0.15, -0.1) is 0 Å². The Balaban J connectivity index is 0.000000187. The molecule has 0 saturated carbocycles. The molecule has 0 amide bonds. The number of rotatable bonds is 16. The van der Waals surface area contributed by atoms with Crippen molar-refractivity contribution in [2.45, 2.75) is 72.6 Å². The summed E-state index contributed by atoms with van der Waals surface area (Å²) in [6, 6.07) is 27.5. The molecule has 9 rings (SSSR count). The van der Waals surface area contributed by atoms with Crippen molar-refractivity contribution in [3.8, 4) is 44.3 Å². The first-order valence-electron chi connectivity index (χ1n) is 23.5. The van der Waals surface area contributed by atoms with Gasteiger partial charge in [-0.05, 0) is 114 Å². The minimum atomic E-state index is -1.05. The first kappa shape index (κ1) is 49.0. The number of carboxylic acid groups (broad SMARTS) is 2. The summed E-state index contributed by atoms with van der Waals surface area (Å²) in [5.41, 5.74) is 7.24. The van der Waals surface area contributed by atoms with Gasteiger partial charge < -0.3 is 24.6 Å². The zero-order chi connectivity index (χ0) is 48.9. The number of thiazole rings is 2. The summed E-state index contributed by atoms with van der Waals surface area (Å²) in [4.78, 5) is 40.4. The fourth-order valence-electron chi connectivity index (χ4n) is 8.38. The number of aryl methyl sites for hydroxylation is 2. The summed E-state index contributed by atoms with van der Waals surface area (Å²) in [5, 5.41) is 30.8. The van der Waals surface area contributed by atoms with Crippen LogP contribution in [0.3, 0.4) is 0 Å². The van der Waals surface area contributed by atoms with Crippen molar-refractivity contribution in [1.29, 1.82) is 0 Å². The SMILES string of the molecule is Cc1ccc2c(c1)c(C(=O)O)nn2-c1nc(-c2cccc(OCCN(C)C)c2)c(C(C)C)s1.Cc1ccc2c(c1)c(C(=O)O)nn2-c1nc(-c2cccc(OCCN3CCCCC3)c2)c(C(C)C)s1. The molecular formula is C53H60N8O6S2. The van der Waals surface area contributed by atoms with Gasteiger partial charge in [-0.3, -0.25) is 4.90 Å². The van der Waals surface area contributed by atoms with Crippen LogP contribution in [0.2, 0.25) is 0 Å². The number of hydrogen-bond acceptors (Lipinski definition) is 12. The molecule has 1 aliphatic heterocycles. The fraction of sp³-hybridized carbons (Fsp3) is 0.358. The molecule has 360 valence electrons. The number of carbonyl (C=O) groups is 2. The standard InChI is InChI=1S/C28H32N4O3S.C25H28N4O3S/c1-18(2)26-24(20-8-7-9-21(17-20)35-15-14-31-12-5-4-6-13-31)29-28(36-26)32-23-11-10-19(3)16-22(23)25(30-32)27(33)34;1-15(2)23-21(17-7-6-8-18(14-17)32-12-11-28(4)5)26-25(33-23)29-20-10-9-16(3)13-19(20)22(27-29)24(30)31/h7-11,16-18H,4-6,12-15H2,1-3H3,(H,33,34);6-10,13-15H,11-12H2,1-5H3,(H,30,31). The topological polar surface area (TPSA) is 161 Å². The van der Waals surface area contributed by atoms with E-state index in [4.69, 9.17) is 19.4 Å². The van der Waals surface area contributed by atoms with Gasteiger partial charge in [0, 0.05) is 44.7 Å². The van der Waals surface area contributed by atoms with Crippen molar-refractivity contribution in [2.24, 2.45) is 0 Å². The van der Waals surface area contributed by atoms with Gasteiger partial charge in [-0.2, -0.15) is 10.2 Å². The van der Waals surface area contributed by atoms with Crippen LogP contribution in [0.15, 0.2) is 84.9 Å². The van der Waals surface area contributed by atoms with E-state index in [-0.39, 0.29) is 23.2 Å². The molecule has 1 fully saturated rings. The van der Waals surface area contributed by atoms with Crippen LogP contribution in [0.1, 0.15) is 101 Å². The van der Waals surface area contributed by atoms with Crippen LogP contribution in [0, 0.1) is 13.8 Å². The molecule has 0 aliphatic carbocycles. The van der Waals surface area contributed by atoms with E-state index in [0.29, 0.717) is 34.2 Å². The van der Waals surface area contributed by atoms with Crippen molar-refractivity contribution in [3.05, 3.63) is 117 Å². The van der Waals surface area contributed by atoms with Gasteiger partial charge in [0.2, 0.25) is 10.3 Å². The molecule has 4 aromatic heterocycles. The van der Waals surface area contributed by atoms with Gasteiger partial charge in [0.05, 0.1) is 22.4 Å². The van der Waals surface area contributed by atoms with Crippen molar-refractivity contribution in [1.82, 2.24) is 39.3 Å². The summed E-state index contributed by atoms with van der Waals surface area (Å²) in [5.74, 6) is 0.0339. The normalized spacial score (nSPS) is 13.1. The molecule has 0 bridgehead atoms. The van der Waals surface area contributed by atoms with E-state index in [2.05, 4.69) is 53.8 Å². The molecule has 0 spiro atoms. The van der Waals surface area contributed by atoms with Crippen LogP contribution in [-0.4, -0.2) is 115 Å². The van der Waals surface area contributed by atoms with Crippen LogP contribution in [0.25, 0.3) is 54.6 Å². The van der Waals surface area contributed by atoms with Gasteiger partial charge in [0.1, 0.15) is 24.7 Å². The number of fused-ring (bicyclic) bond motifs is 2. The number of piperidine rings is 1. The highest BCUT2D eigenvalue weighted by Gasteiger charge is 2.25. The quantitative estimate of drug-likeness (QED) is 0.0944. The van der Waals surface area contributed by atoms with Crippen molar-refractivity contribution < 1.29 is 29.3 Å². The third kappa shape index (κ3) is 11.2. The Kier molecular flexibility index (Phi) is 15.2. The zero-order valence-corrected chi connectivity index (χ0v) is 42.2. The summed E-state index contributed by atoms with van der Waals surface area (Å²) >= 11 is 3.09. The average molecular weight is 969 g/mol. The van der Waals surface area contributed by atoms with Gasteiger partial charge in [-0.25, -0.2) is 28.9 Å². The molecule has 16 heteroatoms. The molecule has 69 heavy (non-hydrogen) atoms. The van der Waals surface area contributed by atoms with Crippen LogP contribution < -0.4 is 9.47 Å². The molecule has 0 radical (unpaired) electrons. The molecule has 1 saturated heterocycles. The molecule has 1 aliphatic rings. The number of aromatic carboxylic acids is 2. The Labute approximate surface area is 410 Å². The second kappa shape index (κ2) is 21.5. The minimum absolute atomic E-state index is 0.0350. The van der Waals surface area contributed by atoms with E-state index in [0.717, 1.165) is 92.1 Å². The molecule has 5 heterocycles. The number of carboxylic acids is 2. The maximum absolute atomic E-state index is 11.9. The second-order valence-corrected chi connectivity index (χ2v) is 20.4. The lowest BCUT2D eigenvalue weighted by molar-refractivity contribution is 0.0681. The largest absolute Gasteiger partial charge is 0.492 e. The first-order chi connectivity index (χ1) is 33.1. The van der Waals surface area contributed by atoms with Crippen molar-refractivity contribution in [2.75, 3.05) is 53.5 Å². The Bertz CT molecular complexity index is 3100. The number of likely N-dealkylation sites (N-methyl/N-ethyl adjacent to an activating group) is 1. The van der Waals surface area contributed by atoms with Crippen LogP contribution in [0.4, 0.5) is 0 Å². The van der Waals surface area contributed by atoms with Crippen molar-refractivity contribution in [3.63, 3.8) is 0 Å². The Morgan fingerprint density at radius 1 is 0.652 bits per heavy atom. The number of aromatic nitrogens is 6. The van der Waals surface area contributed by atoms with Crippen molar-refractivity contribution >= 4 is 56.4 Å². The number of likely N-dealkylation sites (tertiary alicyclic amines) is 1. The third-order valence-electron chi connectivity index (χ3n) is 11.9. The van der Waals surface area contributed by atoms with Gasteiger partial charge in [0.15, 0.2) is 11.4 Å². The number of ether oxygens (including phenoxy) is 2. The van der Waals surface area contributed by atoms with Crippen LogP contribution in [0.5, 0.6) is 11.5 Å². The van der Waals surface area contributed by atoms with E-state index < -0.39 is 11.9 Å². The predicted molar refractivity (Wildman–Crippen MR) is 276 cm³/mol. The predicted octanol–water partition coefficient (Wildman–Crippen LogP) is 11.4. The van der Waals surface area contributed by atoms with Crippen LogP contribution >= 0.6 is 22.7 Å². The first-order valence-corrected chi connectivity index (χ1v) is 25.1. The highest BCUT2D eigenvalue weighted by molar-refractivity contribution is 7.15. The average Bonchev–Trinajstić information content (AvgIpc) is 4.13. The van der Waals surface area contributed by atoms with E-state index in [1.807, 2.05) is 107 Å². The molecule has 0 atom stereocenters. The molecule has 0 unspecified atom stereocenters. The summed E-state index contributed by atoms with van der Waals surface area (Å²) < 4.78 is 15.3. The highest BCUT2D eigenvalue weighted by Crippen LogP contribution is 2.39. The lowest BCUT2D eigenvalue weighted by Crippen LogP contribution is -2.33.